The monoisotopic (exact) mass is 659 g/mol. The van der Waals surface area contributed by atoms with Gasteiger partial charge < -0.3 is 36.2 Å². The zero-order valence-electron chi connectivity index (χ0n) is 28.5. The summed E-state index contributed by atoms with van der Waals surface area (Å²) in [5.74, 6) is -1.24. The topological polar surface area (TPSA) is 202 Å². The van der Waals surface area contributed by atoms with E-state index in [9.17, 15) is 29.4 Å². The highest BCUT2D eigenvalue weighted by molar-refractivity contribution is 5.93. The number of hydrogen-bond acceptors (Lipinski definition) is 9. The van der Waals surface area contributed by atoms with Gasteiger partial charge in [-0.1, -0.05) is 24.5 Å². The Morgan fingerprint density at radius 1 is 1.09 bits per heavy atom. The first-order valence-corrected chi connectivity index (χ1v) is 17.1. The second-order valence-electron chi connectivity index (χ2n) is 16.1. The van der Waals surface area contributed by atoms with Crippen molar-refractivity contribution in [2.75, 3.05) is 6.54 Å². The number of nitrogens with two attached hydrogens (primary N) is 1. The molecule has 1 aromatic rings. The van der Waals surface area contributed by atoms with Crippen LogP contribution >= 0.6 is 0 Å². The van der Waals surface area contributed by atoms with Crippen molar-refractivity contribution in [1.29, 1.82) is 0 Å². The molecule has 6 N–H and O–H groups in total. The van der Waals surface area contributed by atoms with E-state index in [1.807, 2.05) is 0 Å². The van der Waals surface area contributed by atoms with Gasteiger partial charge in [-0.3, -0.25) is 14.4 Å². The fourth-order valence-electron chi connectivity index (χ4n) is 8.57. The first-order chi connectivity index (χ1) is 21.9. The summed E-state index contributed by atoms with van der Waals surface area (Å²) in [5, 5.41) is 35.8. The first kappa shape index (κ1) is 35.1. The van der Waals surface area contributed by atoms with Crippen LogP contribution in [0.1, 0.15) is 123 Å². The fraction of sp³-hybridized carbons (Fsp3) is 0.818. The molecule has 3 aliphatic carbocycles. The Morgan fingerprint density at radius 2 is 1.74 bits per heavy atom. The molecular formula is C33H53N7O7. The largest absolute Gasteiger partial charge is 0.444 e. The lowest BCUT2D eigenvalue weighted by Crippen LogP contribution is -2.64. The number of amides is 4. The number of aliphatic hydroxyl groups is 2. The lowest BCUT2D eigenvalue weighted by Gasteiger charge is -2.42. The van der Waals surface area contributed by atoms with Crippen LogP contribution in [-0.4, -0.2) is 89.8 Å². The van der Waals surface area contributed by atoms with E-state index < -0.39 is 64.8 Å². The van der Waals surface area contributed by atoms with Crippen molar-refractivity contribution < 1.29 is 34.1 Å². The molecule has 2 heterocycles. The summed E-state index contributed by atoms with van der Waals surface area (Å²) in [4.78, 5) is 55.8. The summed E-state index contributed by atoms with van der Waals surface area (Å²) >= 11 is 0. The highest BCUT2D eigenvalue weighted by atomic mass is 16.6. The number of alkyl carbamates (subject to hydrolysis) is 1. The summed E-state index contributed by atoms with van der Waals surface area (Å²) in [6, 6.07) is -2.49. The van der Waals surface area contributed by atoms with Gasteiger partial charge in [0.2, 0.25) is 17.7 Å². The van der Waals surface area contributed by atoms with Crippen molar-refractivity contribution in [1.82, 2.24) is 30.5 Å². The average Bonchev–Trinajstić information content (AvgIpc) is 3.78. The molecule has 262 valence electrons. The number of hydrogen-bond donors (Lipinski definition) is 5. The van der Waals surface area contributed by atoms with Gasteiger partial charge >= 0.3 is 6.09 Å². The molecular weight excluding hydrogens is 606 g/mol. The molecule has 1 aromatic heterocycles. The molecule has 0 aromatic carbocycles. The fourth-order valence-corrected chi connectivity index (χ4v) is 8.57. The Kier molecular flexibility index (Phi) is 9.68. The van der Waals surface area contributed by atoms with E-state index in [2.05, 4.69) is 20.9 Å². The average molecular weight is 660 g/mol. The van der Waals surface area contributed by atoms with E-state index in [0.29, 0.717) is 43.7 Å². The number of ether oxygens (including phenoxy) is 1. The van der Waals surface area contributed by atoms with Crippen LogP contribution in [0.2, 0.25) is 0 Å². The molecule has 1 saturated heterocycles. The molecule has 2 unspecified atom stereocenters. The van der Waals surface area contributed by atoms with Gasteiger partial charge in [0.05, 0.1) is 23.5 Å². The maximum Gasteiger partial charge on any atom is 0.408 e. The predicted octanol–water partition coefficient (Wildman–Crippen LogP) is 2.18. The second kappa shape index (κ2) is 13.0. The lowest BCUT2D eigenvalue weighted by atomic mass is 9.77. The van der Waals surface area contributed by atoms with Crippen molar-refractivity contribution in [3.05, 3.63) is 11.9 Å². The Labute approximate surface area is 276 Å². The van der Waals surface area contributed by atoms with Gasteiger partial charge in [0.25, 0.3) is 0 Å². The number of primary amides is 1. The van der Waals surface area contributed by atoms with Crippen molar-refractivity contribution in [2.24, 2.45) is 17.1 Å². The molecule has 0 radical (unpaired) electrons. The van der Waals surface area contributed by atoms with E-state index in [1.54, 1.807) is 39.3 Å². The summed E-state index contributed by atoms with van der Waals surface area (Å²) in [7, 11) is 0. The molecule has 4 fully saturated rings. The van der Waals surface area contributed by atoms with Gasteiger partial charge in [-0.25, -0.2) is 9.48 Å². The first-order valence-electron chi connectivity index (χ1n) is 17.1. The van der Waals surface area contributed by atoms with Crippen LogP contribution in [0.25, 0.3) is 0 Å². The number of likely N-dealkylation sites (tertiary alicyclic amines) is 1. The third-order valence-electron chi connectivity index (χ3n) is 10.8. The van der Waals surface area contributed by atoms with Crippen LogP contribution in [0.5, 0.6) is 0 Å². The molecule has 4 atom stereocenters. The van der Waals surface area contributed by atoms with Crippen LogP contribution in [-0.2, 0) is 24.7 Å². The molecule has 5 rings (SSSR count). The second-order valence-corrected chi connectivity index (χ2v) is 16.1. The minimum Gasteiger partial charge on any atom is -0.444 e. The number of nitrogens with zero attached hydrogens (tertiary/aromatic N) is 4. The van der Waals surface area contributed by atoms with Gasteiger partial charge in [0.15, 0.2) is 6.10 Å². The van der Waals surface area contributed by atoms with Gasteiger partial charge in [0.1, 0.15) is 23.3 Å². The summed E-state index contributed by atoms with van der Waals surface area (Å²) in [6.07, 6.45) is 7.90. The number of aliphatic hydroxyl groups excluding tert-OH is 1. The molecule has 2 bridgehead atoms. The maximum atomic E-state index is 14.7. The van der Waals surface area contributed by atoms with Gasteiger partial charge in [-0.15, -0.1) is 5.10 Å². The quantitative estimate of drug-likeness (QED) is 0.250. The van der Waals surface area contributed by atoms with E-state index >= 15 is 0 Å². The standard InChI is InChI=1S/C33H53N7O7/c1-30(2,3)47-29(45)36-22(17-32-13-9-20(16-32)10-14-32)28(44)39-19-21(40-24(18-35-38-40)31(4,5)46)15-23(39)27(43)37-33(25(41)26(34)42)11-7-6-8-12-33/h18,20-23,25,41,46H,6-17,19H2,1-5H3,(H2,34,42)(H,36,45)(H,37,43)/t20?,21-,22?,23-,25?,32?/m0/s1. The minimum absolute atomic E-state index is 0.0663. The predicted molar refractivity (Wildman–Crippen MR) is 170 cm³/mol. The van der Waals surface area contributed by atoms with Crippen molar-refractivity contribution in [3.8, 4) is 0 Å². The number of rotatable bonds is 10. The van der Waals surface area contributed by atoms with Gasteiger partial charge in [-0.2, -0.15) is 0 Å². The third-order valence-corrected chi connectivity index (χ3v) is 10.8. The smallest absolute Gasteiger partial charge is 0.408 e. The van der Waals surface area contributed by atoms with E-state index in [1.165, 1.54) is 11.1 Å². The van der Waals surface area contributed by atoms with E-state index in [0.717, 1.165) is 38.5 Å². The van der Waals surface area contributed by atoms with Gasteiger partial charge in [0, 0.05) is 13.0 Å². The number of nitrogens with one attached hydrogen (secondary N) is 2. The zero-order valence-corrected chi connectivity index (χ0v) is 28.5. The van der Waals surface area contributed by atoms with Gasteiger partial charge in [-0.05, 0) is 97.3 Å². The highest BCUT2D eigenvalue weighted by Crippen LogP contribution is 2.56. The van der Waals surface area contributed by atoms with Crippen LogP contribution in [0, 0.1) is 11.3 Å². The van der Waals surface area contributed by atoms with Crippen molar-refractivity contribution >= 4 is 23.8 Å². The highest BCUT2D eigenvalue weighted by Gasteiger charge is 2.51. The molecule has 0 spiro atoms. The van der Waals surface area contributed by atoms with Crippen LogP contribution in [0.3, 0.4) is 0 Å². The van der Waals surface area contributed by atoms with Crippen molar-refractivity contribution in [3.63, 3.8) is 0 Å². The maximum absolute atomic E-state index is 14.7. The Bertz CT molecular complexity index is 1340. The SMILES string of the molecule is CC(C)(C)OC(=O)NC(CC12CCC(CC1)C2)C(=O)N1C[C@@H](n2nncc2C(C)(C)O)C[C@H]1C(=O)NC1(C(O)C(N)=O)CCCCC1. The molecule has 4 aliphatic rings. The molecule has 47 heavy (non-hydrogen) atoms. The van der Waals surface area contributed by atoms with E-state index in [4.69, 9.17) is 10.5 Å². The zero-order chi connectivity index (χ0) is 34.4. The molecule has 14 nitrogen and oxygen atoms in total. The van der Waals surface area contributed by atoms with Crippen molar-refractivity contribution in [2.45, 2.75) is 153 Å². The Hall–Kier alpha value is -3.26. The summed E-state index contributed by atoms with van der Waals surface area (Å²) in [5.41, 5.74) is 2.56. The minimum atomic E-state index is -1.59. The third kappa shape index (κ3) is 7.58. The Balaban J connectivity index is 1.48. The van der Waals surface area contributed by atoms with E-state index in [-0.39, 0.29) is 18.4 Å². The summed E-state index contributed by atoms with van der Waals surface area (Å²) < 4.78 is 7.12. The Morgan fingerprint density at radius 3 is 2.30 bits per heavy atom. The van der Waals surface area contributed by atoms with Crippen LogP contribution in [0.15, 0.2) is 6.20 Å². The van der Waals surface area contributed by atoms with Crippen LogP contribution < -0.4 is 16.4 Å². The normalized spacial score (nSPS) is 28.5. The van der Waals surface area contributed by atoms with Crippen LogP contribution in [0.4, 0.5) is 4.79 Å². The summed E-state index contributed by atoms with van der Waals surface area (Å²) in [6.45, 7) is 8.55. The number of aromatic nitrogens is 3. The number of carbonyl (C=O) groups excluding carboxylic acids is 4. The lowest BCUT2D eigenvalue weighted by molar-refractivity contribution is -0.144. The molecule has 3 saturated carbocycles. The number of carbonyl (C=O) groups is 4. The molecule has 1 aliphatic heterocycles. The molecule has 14 heteroatoms. The molecule has 4 amide bonds. The number of fused-ring (bicyclic) bond motifs is 2.